The molecule has 0 fully saturated rings. The highest BCUT2D eigenvalue weighted by molar-refractivity contribution is 7.09. The van der Waals surface area contributed by atoms with Crippen LogP contribution >= 0.6 is 22.9 Å². The molecule has 0 unspecified atom stereocenters. The van der Waals surface area contributed by atoms with Gasteiger partial charge < -0.3 is 9.32 Å². The number of amides is 1. The molecule has 3 aromatic rings. The number of hydrogen-bond acceptors (Lipinski definition) is 3. The molecule has 118 valence electrons. The second-order valence-corrected chi connectivity index (χ2v) is 6.66. The fourth-order valence-corrected chi connectivity index (χ4v) is 3.15. The van der Waals surface area contributed by atoms with Gasteiger partial charge in [0.1, 0.15) is 0 Å². The first kappa shape index (κ1) is 15.8. The van der Waals surface area contributed by atoms with E-state index in [0.29, 0.717) is 23.7 Å². The lowest BCUT2D eigenvalue weighted by Gasteiger charge is -2.22. The van der Waals surface area contributed by atoms with Crippen LogP contribution in [0.15, 0.2) is 64.8 Å². The summed E-state index contributed by atoms with van der Waals surface area (Å²) in [5.74, 6) is -0.000534. The third-order valence-corrected chi connectivity index (χ3v) is 4.73. The van der Waals surface area contributed by atoms with E-state index in [1.165, 1.54) is 4.88 Å². The number of carbonyl (C=O) groups excluding carboxylic acids is 1. The number of halogens is 1. The van der Waals surface area contributed by atoms with Crippen molar-refractivity contribution in [3.8, 4) is 0 Å². The Morgan fingerprint density at radius 3 is 2.65 bits per heavy atom. The molecule has 0 N–H and O–H groups in total. The van der Waals surface area contributed by atoms with Gasteiger partial charge >= 0.3 is 0 Å². The zero-order valence-electron chi connectivity index (χ0n) is 12.4. The third-order valence-electron chi connectivity index (χ3n) is 3.54. The maximum atomic E-state index is 12.8. The van der Waals surface area contributed by atoms with Crippen LogP contribution in [0.25, 0.3) is 0 Å². The van der Waals surface area contributed by atoms with E-state index in [2.05, 4.69) is 11.4 Å². The van der Waals surface area contributed by atoms with Crippen LogP contribution in [0.4, 0.5) is 0 Å². The van der Waals surface area contributed by atoms with Crippen LogP contribution in [0, 0.1) is 0 Å². The maximum Gasteiger partial charge on any atom is 0.254 e. The highest BCUT2D eigenvalue weighted by atomic mass is 35.5. The second kappa shape index (κ2) is 7.49. The Balaban J connectivity index is 1.75. The van der Waals surface area contributed by atoms with Gasteiger partial charge in [-0.15, -0.1) is 11.3 Å². The van der Waals surface area contributed by atoms with Gasteiger partial charge in [0.05, 0.1) is 12.5 Å². The van der Waals surface area contributed by atoms with E-state index in [9.17, 15) is 4.79 Å². The van der Waals surface area contributed by atoms with Crippen LogP contribution in [0.2, 0.25) is 5.02 Å². The van der Waals surface area contributed by atoms with Crippen molar-refractivity contribution in [3.63, 3.8) is 0 Å². The van der Waals surface area contributed by atoms with Crippen molar-refractivity contribution in [1.82, 2.24) is 4.90 Å². The maximum absolute atomic E-state index is 12.8. The SMILES string of the molecule is O=C(c1ccc(Cl)cc1)N(CCc1cccs1)Cc1ccoc1. The van der Waals surface area contributed by atoms with E-state index in [1.54, 1.807) is 48.1 Å². The lowest BCUT2D eigenvalue weighted by molar-refractivity contribution is 0.0745. The number of carbonyl (C=O) groups is 1. The Hall–Kier alpha value is -2.04. The van der Waals surface area contributed by atoms with Gasteiger partial charge in [-0.2, -0.15) is 0 Å². The molecule has 0 aliphatic heterocycles. The van der Waals surface area contributed by atoms with Crippen molar-refractivity contribution in [3.05, 3.63) is 81.4 Å². The summed E-state index contributed by atoms with van der Waals surface area (Å²) in [5.41, 5.74) is 1.63. The predicted molar refractivity (Wildman–Crippen MR) is 92.9 cm³/mol. The first-order chi connectivity index (χ1) is 11.2. The van der Waals surface area contributed by atoms with Crippen LogP contribution in [0.1, 0.15) is 20.8 Å². The topological polar surface area (TPSA) is 33.5 Å². The van der Waals surface area contributed by atoms with Gasteiger partial charge in [-0.05, 0) is 48.2 Å². The predicted octanol–water partition coefficient (Wildman–Crippen LogP) is 4.88. The van der Waals surface area contributed by atoms with Gasteiger partial charge in [0.25, 0.3) is 5.91 Å². The van der Waals surface area contributed by atoms with Crippen LogP contribution in [0.5, 0.6) is 0 Å². The van der Waals surface area contributed by atoms with Crippen molar-refractivity contribution in [1.29, 1.82) is 0 Å². The average Bonchev–Trinajstić information content (AvgIpc) is 3.25. The minimum atomic E-state index is -0.000534. The van der Waals surface area contributed by atoms with Gasteiger partial charge in [0, 0.05) is 34.1 Å². The Morgan fingerprint density at radius 2 is 2.00 bits per heavy atom. The van der Waals surface area contributed by atoms with Gasteiger partial charge in [-0.25, -0.2) is 0 Å². The summed E-state index contributed by atoms with van der Waals surface area (Å²) in [6.07, 6.45) is 4.14. The third kappa shape index (κ3) is 4.24. The molecule has 0 saturated heterocycles. The molecule has 23 heavy (non-hydrogen) atoms. The van der Waals surface area contributed by atoms with Crippen molar-refractivity contribution in [2.45, 2.75) is 13.0 Å². The largest absolute Gasteiger partial charge is 0.472 e. The minimum Gasteiger partial charge on any atom is -0.472 e. The van der Waals surface area contributed by atoms with Crippen molar-refractivity contribution in [2.75, 3.05) is 6.54 Å². The fraction of sp³-hybridized carbons (Fsp3) is 0.167. The number of furan rings is 1. The average molecular weight is 346 g/mol. The summed E-state index contributed by atoms with van der Waals surface area (Å²) in [5, 5.41) is 2.68. The molecule has 0 atom stereocenters. The van der Waals surface area contributed by atoms with Crippen LogP contribution in [-0.2, 0) is 13.0 Å². The number of hydrogen-bond donors (Lipinski definition) is 0. The molecule has 2 aromatic heterocycles. The number of benzene rings is 1. The molecule has 0 bridgehead atoms. The first-order valence-electron chi connectivity index (χ1n) is 7.30. The Kier molecular flexibility index (Phi) is 5.16. The van der Waals surface area contributed by atoms with Crippen LogP contribution in [-0.4, -0.2) is 17.4 Å². The Morgan fingerprint density at radius 1 is 1.17 bits per heavy atom. The zero-order chi connectivity index (χ0) is 16.1. The summed E-state index contributed by atoms with van der Waals surface area (Å²) in [6, 6.07) is 13.0. The molecular formula is C18H16ClNO2S. The number of nitrogens with zero attached hydrogens (tertiary/aromatic N) is 1. The summed E-state index contributed by atoms with van der Waals surface area (Å²) in [6.45, 7) is 1.19. The monoisotopic (exact) mass is 345 g/mol. The first-order valence-corrected chi connectivity index (χ1v) is 8.56. The summed E-state index contributed by atoms with van der Waals surface area (Å²) >= 11 is 7.61. The zero-order valence-corrected chi connectivity index (χ0v) is 14.0. The van der Waals surface area contributed by atoms with Crippen LogP contribution in [0.3, 0.4) is 0 Å². The normalized spacial score (nSPS) is 10.7. The Labute approximate surface area is 144 Å². The van der Waals surface area contributed by atoms with E-state index in [1.807, 2.05) is 17.0 Å². The molecule has 0 aliphatic rings. The summed E-state index contributed by atoms with van der Waals surface area (Å²) in [4.78, 5) is 15.9. The van der Waals surface area contributed by atoms with Crippen molar-refractivity contribution in [2.24, 2.45) is 0 Å². The van der Waals surface area contributed by atoms with E-state index >= 15 is 0 Å². The molecule has 1 amide bonds. The van der Waals surface area contributed by atoms with E-state index < -0.39 is 0 Å². The molecule has 2 heterocycles. The molecule has 3 rings (SSSR count). The van der Waals surface area contributed by atoms with Gasteiger partial charge in [-0.3, -0.25) is 4.79 Å². The molecule has 1 aromatic carbocycles. The lowest BCUT2D eigenvalue weighted by Crippen LogP contribution is -2.32. The Bertz CT molecular complexity index is 736. The number of rotatable bonds is 6. The molecular weight excluding hydrogens is 330 g/mol. The van der Waals surface area contributed by atoms with Crippen molar-refractivity contribution >= 4 is 28.8 Å². The smallest absolute Gasteiger partial charge is 0.254 e. The number of thiophene rings is 1. The quantitative estimate of drug-likeness (QED) is 0.638. The van der Waals surface area contributed by atoms with Gasteiger partial charge in [0.15, 0.2) is 0 Å². The highest BCUT2D eigenvalue weighted by Crippen LogP contribution is 2.16. The molecule has 3 nitrogen and oxygen atoms in total. The van der Waals surface area contributed by atoms with Gasteiger partial charge in [0.2, 0.25) is 0 Å². The highest BCUT2D eigenvalue weighted by Gasteiger charge is 2.17. The van der Waals surface area contributed by atoms with E-state index in [0.717, 1.165) is 12.0 Å². The fourth-order valence-electron chi connectivity index (χ4n) is 2.33. The van der Waals surface area contributed by atoms with E-state index in [4.69, 9.17) is 16.0 Å². The molecule has 0 saturated carbocycles. The molecule has 0 radical (unpaired) electrons. The van der Waals surface area contributed by atoms with Gasteiger partial charge in [-0.1, -0.05) is 17.7 Å². The summed E-state index contributed by atoms with van der Waals surface area (Å²) in [7, 11) is 0. The molecule has 0 spiro atoms. The second-order valence-electron chi connectivity index (χ2n) is 5.19. The van der Waals surface area contributed by atoms with Crippen LogP contribution < -0.4 is 0 Å². The standard InChI is InChI=1S/C18H16ClNO2S/c19-16-5-3-15(4-6-16)18(21)20(12-14-8-10-22-13-14)9-7-17-2-1-11-23-17/h1-6,8,10-11,13H,7,9,12H2. The minimum absolute atomic E-state index is 0.000534. The molecule has 5 heteroatoms. The lowest BCUT2D eigenvalue weighted by atomic mass is 10.1. The summed E-state index contributed by atoms with van der Waals surface area (Å²) < 4.78 is 5.11. The molecule has 0 aliphatic carbocycles. The van der Waals surface area contributed by atoms with Crippen molar-refractivity contribution < 1.29 is 9.21 Å². The van der Waals surface area contributed by atoms with E-state index in [-0.39, 0.29) is 5.91 Å².